The van der Waals surface area contributed by atoms with Gasteiger partial charge >= 0.3 is 0 Å². The number of likely N-dealkylation sites (N-methyl/N-ethyl adjacent to an activating group) is 1. The van der Waals surface area contributed by atoms with Crippen molar-refractivity contribution in [2.24, 2.45) is 0 Å². The van der Waals surface area contributed by atoms with Crippen LogP contribution in [0, 0.1) is 5.82 Å². The van der Waals surface area contributed by atoms with Crippen LogP contribution in [0.2, 0.25) is 0 Å². The number of halogens is 1. The minimum absolute atomic E-state index is 0.0525. The van der Waals surface area contributed by atoms with E-state index in [-0.39, 0.29) is 37.3 Å². The smallest absolute Gasteiger partial charge is 0.227 e. The first kappa shape index (κ1) is 17.7. The van der Waals surface area contributed by atoms with E-state index >= 15 is 0 Å². The molecule has 0 radical (unpaired) electrons. The predicted molar refractivity (Wildman–Crippen MR) is 90.8 cm³/mol. The second kappa shape index (κ2) is 5.90. The number of amides is 1. The third-order valence-electron chi connectivity index (χ3n) is 5.56. The summed E-state index contributed by atoms with van der Waals surface area (Å²) in [4.78, 5) is 14.4. The quantitative estimate of drug-likeness (QED) is 0.754. The van der Waals surface area contributed by atoms with Gasteiger partial charge in [-0.05, 0) is 24.1 Å². The van der Waals surface area contributed by atoms with E-state index < -0.39 is 26.7 Å². The first-order valence-corrected chi connectivity index (χ1v) is 9.99. The Labute approximate surface area is 151 Å². The number of rotatable bonds is 3. The van der Waals surface area contributed by atoms with Gasteiger partial charge in [0, 0.05) is 20.1 Å². The summed E-state index contributed by atoms with van der Waals surface area (Å²) in [6.07, 6.45) is 0.193. The van der Waals surface area contributed by atoms with Crippen molar-refractivity contribution >= 4 is 15.9 Å². The molecule has 7 nitrogen and oxygen atoms in total. The standard InChI is InChI=1S/C17H21FN2O5S/c1-19-9-17-10-20(8-12(25-17)7-15(17)26(19,22)23)16(21)6-11-3-4-14(24-2)13(18)5-11/h3-5,12,15H,6-10H2,1-2H3/t12-,15+,17-/m1/s1. The zero-order chi connectivity index (χ0) is 18.7. The molecule has 4 rings (SSSR count). The Kier molecular flexibility index (Phi) is 4.01. The summed E-state index contributed by atoms with van der Waals surface area (Å²) in [5, 5.41) is -0.596. The summed E-state index contributed by atoms with van der Waals surface area (Å²) in [5.74, 6) is -0.539. The number of benzene rings is 1. The van der Waals surface area contributed by atoms with Gasteiger partial charge in [-0.15, -0.1) is 0 Å². The lowest BCUT2D eigenvalue weighted by Crippen LogP contribution is -2.56. The molecule has 1 amide bonds. The lowest BCUT2D eigenvalue weighted by molar-refractivity contribution is -0.149. The number of methoxy groups -OCH3 is 1. The number of carbonyl (C=O) groups is 1. The molecule has 1 spiro atoms. The molecule has 3 aliphatic rings. The maximum Gasteiger partial charge on any atom is 0.227 e. The number of fused-ring (bicyclic) bond motifs is 1. The SMILES string of the molecule is COc1ccc(CC(=O)N2C[C@H]3C[C@H]4[C@](C2)(CN(C)S4(=O)=O)O3)cc1F. The molecule has 0 unspecified atom stereocenters. The maximum atomic E-state index is 13.8. The van der Waals surface area contributed by atoms with Crippen LogP contribution in [0.3, 0.4) is 0 Å². The van der Waals surface area contributed by atoms with Gasteiger partial charge in [0.15, 0.2) is 11.6 Å². The average Bonchev–Trinajstić information content (AvgIpc) is 2.93. The summed E-state index contributed by atoms with van der Waals surface area (Å²) in [5.41, 5.74) is -0.297. The fourth-order valence-corrected chi connectivity index (χ4v) is 6.39. The van der Waals surface area contributed by atoms with Gasteiger partial charge < -0.3 is 14.4 Å². The summed E-state index contributed by atoms with van der Waals surface area (Å²) >= 11 is 0. The van der Waals surface area contributed by atoms with Gasteiger partial charge in [-0.3, -0.25) is 4.79 Å². The van der Waals surface area contributed by atoms with Crippen LogP contribution in [0.1, 0.15) is 12.0 Å². The molecule has 1 aromatic carbocycles. The summed E-state index contributed by atoms with van der Waals surface area (Å²) in [7, 11) is -0.453. The number of hydrogen-bond acceptors (Lipinski definition) is 5. The average molecular weight is 384 g/mol. The number of ether oxygens (including phenoxy) is 2. The molecule has 2 bridgehead atoms. The molecule has 3 atom stereocenters. The zero-order valence-corrected chi connectivity index (χ0v) is 15.5. The van der Waals surface area contributed by atoms with Crippen LogP contribution < -0.4 is 4.74 Å². The molecular weight excluding hydrogens is 363 g/mol. The molecule has 3 saturated heterocycles. The van der Waals surface area contributed by atoms with Crippen LogP contribution >= 0.6 is 0 Å². The van der Waals surface area contributed by atoms with E-state index in [0.29, 0.717) is 18.5 Å². The molecule has 0 N–H and O–H groups in total. The second-order valence-electron chi connectivity index (χ2n) is 7.25. The highest BCUT2D eigenvalue weighted by molar-refractivity contribution is 7.90. The summed E-state index contributed by atoms with van der Waals surface area (Å²) in [6, 6.07) is 4.44. The fourth-order valence-electron chi connectivity index (χ4n) is 4.36. The van der Waals surface area contributed by atoms with Crippen molar-refractivity contribution in [3.8, 4) is 5.75 Å². The predicted octanol–water partition coefficient (Wildman–Crippen LogP) is 0.391. The normalized spacial score (nSPS) is 32.5. The highest BCUT2D eigenvalue weighted by Crippen LogP contribution is 2.46. The third-order valence-corrected chi connectivity index (χ3v) is 7.90. The van der Waals surface area contributed by atoms with Crippen LogP contribution in [0.5, 0.6) is 5.75 Å². The van der Waals surface area contributed by atoms with Crippen LogP contribution in [0.15, 0.2) is 18.2 Å². The second-order valence-corrected chi connectivity index (χ2v) is 9.47. The van der Waals surface area contributed by atoms with E-state index in [9.17, 15) is 17.6 Å². The molecule has 0 aliphatic carbocycles. The summed E-state index contributed by atoms with van der Waals surface area (Å²) in [6.45, 7) is 0.877. The maximum absolute atomic E-state index is 13.8. The first-order valence-electron chi connectivity index (χ1n) is 8.48. The van der Waals surface area contributed by atoms with E-state index in [2.05, 4.69) is 0 Å². The van der Waals surface area contributed by atoms with Crippen LogP contribution in [0.4, 0.5) is 4.39 Å². The number of carbonyl (C=O) groups excluding carboxylic acids is 1. The van der Waals surface area contributed by atoms with E-state index in [1.807, 2.05) is 0 Å². The van der Waals surface area contributed by atoms with Crippen molar-refractivity contribution in [1.82, 2.24) is 9.21 Å². The number of nitrogens with zero attached hydrogens (tertiary/aromatic N) is 2. The van der Waals surface area contributed by atoms with Crippen molar-refractivity contribution in [3.05, 3.63) is 29.6 Å². The zero-order valence-electron chi connectivity index (χ0n) is 14.6. The molecule has 9 heteroatoms. The van der Waals surface area contributed by atoms with Gasteiger partial charge in [0.05, 0.1) is 26.2 Å². The Hall–Kier alpha value is -1.71. The largest absolute Gasteiger partial charge is 0.494 e. The molecule has 0 saturated carbocycles. The van der Waals surface area contributed by atoms with Crippen molar-refractivity contribution in [2.75, 3.05) is 33.8 Å². The van der Waals surface area contributed by atoms with Crippen molar-refractivity contribution in [1.29, 1.82) is 0 Å². The monoisotopic (exact) mass is 384 g/mol. The summed E-state index contributed by atoms with van der Waals surface area (Å²) < 4.78 is 51.0. The lowest BCUT2D eigenvalue weighted by atomic mass is 9.99. The number of hydrogen-bond donors (Lipinski definition) is 0. The minimum Gasteiger partial charge on any atom is -0.494 e. The van der Waals surface area contributed by atoms with Gasteiger partial charge in [0.1, 0.15) is 10.9 Å². The highest BCUT2D eigenvalue weighted by Gasteiger charge is 2.64. The van der Waals surface area contributed by atoms with Gasteiger partial charge in [0.25, 0.3) is 0 Å². The highest BCUT2D eigenvalue weighted by atomic mass is 32.2. The third kappa shape index (κ3) is 2.60. The molecular formula is C17H21FN2O5S. The van der Waals surface area contributed by atoms with Crippen molar-refractivity contribution in [2.45, 2.75) is 29.8 Å². The Morgan fingerprint density at radius 1 is 1.42 bits per heavy atom. The number of morpholine rings is 1. The first-order chi connectivity index (χ1) is 12.2. The van der Waals surface area contributed by atoms with Gasteiger partial charge in [-0.1, -0.05) is 6.07 Å². The van der Waals surface area contributed by atoms with Crippen molar-refractivity contribution in [3.63, 3.8) is 0 Å². The van der Waals surface area contributed by atoms with Crippen molar-refractivity contribution < 1.29 is 27.1 Å². The molecule has 0 aromatic heterocycles. The van der Waals surface area contributed by atoms with Gasteiger partial charge in [0.2, 0.25) is 15.9 Å². The van der Waals surface area contributed by atoms with Crippen LogP contribution in [-0.2, 0) is 26.0 Å². The number of likely N-dealkylation sites (tertiary alicyclic amines) is 1. The van der Waals surface area contributed by atoms with Gasteiger partial charge in [-0.2, -0.15) is 0 Å². The molecule has 26 heavy (non-hydrogen) atoms. The Balaban J connectivity index is 1.52. The minimum atomic E-state index is -3.38. The molecule has 3 fully saturated rings. The molecule has 1 aromatic rings. The molecule has 3 heterocycles. The molecule has 142 valence electrons. The van der Waals surface area contributed by atoms with E-state index in [1.54, 1.807) is 18.0 Å². The van der Waals surface area contributed by atoms with E-state index in [1.165, 1.54) is 23.5 Å². The van der Waals surface area contributed by atoms with E-state index in [4.69, 9.17) is 9.47 Å². The molecule has 3 aliphatic heterocycles. The lowest BCUT2D eigenvalue weighted by Gasteiger charge is -2.39. The van der Waals surface area contributed by atoms with Crippen LogP contribution in [-0.4, -0.2) is 74.3 Å². The Morgan fingerprint density at radius 2 is 2.19 bits per heavy atom. The van der Waals surface area contributed by atoms with Crippen LogP contribution in [0.25, 0.3) is 0 Å². The van der Waals surface area contributed by atoms with E-state index in [0.717, 1.165) is 0 Å². The topological polar surface area (TPSA) is 76.2 Å². The Bertz CT molecular complexity index is 861. The fraction of sp³-hybridized carbons (Fsp3) is 0.588. The Morgan fingerprint density at radius 3 is 2.88 bits per heavy atom. The number of sulfonamides is 1. The van der Waals surface area contributed by atoms with Gasteiger partial charge in [-0.25, -0.2) is 17.1 Å².